The molecule has 1 aromatic carbocycles. The monoisotopic (exact) mass is 277 g/mol. The lowest BCUT2D eigenvalue weighted by Crippen LogP contribution is -1.94. The first-order valence-corrected chi connectivity index (χ1v) is 5.21. The van der Waals surface area contributed by atoms with Crippen LogP contribution in [0.15, 0.2) is 18.2 Å². The molecule has 0 saturated carbocycles. The predicted molar refractivity (Wildman–Crippen MR) is 60.3 cm³/mol. The van der Waals surface area contributed by atoms with Crippen molar-refractivity contribution in [1.29, 1.82) is 0 Å². The van der Waals surface area contributed by atoms with E-state index >= 15 is 0 Å². The SMILES string of the molecule is Fc1cc(Cl)cc(-c2nc(Cl)nc(Cl)n2)c1. The van der Waals surface area contributed by atoms with Gasteiger partial charge in [-0.05, 0) is 41.4 Å². The molecule has 0 amide bonds. The Morgan fingerprint density at radius 1 is 0.875 bits per heavy atom. The fourth-order valence-corrected chi connectivity index (χ4v) is 1.72. The maximum absolute atomic E-state index is 13.1. The summed E-state index contributed by atoms with van der Waals surface area (Å²) in [6.07, 6.45) is 0. The van der Waals surface area contributed by atoms with Gasteiger partial charge in [-0.15, -0.1) is 0 Å². The Kier molecular flexibility index (Phi) is 3.23. The molecule has 0 saturated heterocycles. The molecule has 7 heteroatoms. The highest BCUT2D eigenvalue weighted by Crippen LogP contribution is 2.23. The van der Waals surface area contributed by atoms with Crippen LogP contribution in [-0.4, -0.2) is 15.0 Å². The van der Waals surface area contributed by atoms with Gasteiger partial charge >= 0.3 is 0 Å². The van der Waals surface area contributed by atoms with Gasteiger partial charge in [0.15, 0.2) is 5.82 Å². The van der Waals surface area contributed by atoms with E-state index in [1.807, 2.05) is 0 Å². The van der Waals surface area contributed by atoms with Gasteiger partial charge < -0.3 is 0 Å². The van der Waals surface area contributed by atoms with Crippen LogP contribution in [0.5, 0.6) is 0 Å². The summed E-state index contributed by atoms with van der Waals surface area (Å²) < 4.78 is 13.1. The molecule has 0 N–H and O–H groups in total. The third-order valence-electron chi connectivity index (χ3n) is 1.70. The molecule has 1 heterocycles. The molecule has 0 aliphatic carbocycles. The highest BCUT2D eigenvalue weighted by molar-refractivity contribution is 6.31. The number of nitrogens with zero attached hydrogens (tertiary/aromatic N) is 3. The Balaban J connectivity index is 2.57. The second-order valence-electron chi connectivity index (χ2n) is 2.86. The average Bonchev–Trinajstić information content (AvgIpc) is 2.14. The highest BCUT2D eigenvalue weighted by atomic mass is 35.5. The normalized spacial score (nSPS) is 10.5. The van der Waals surface area contributed by atoms with Gasteiger partial charge in [-0.3, -0.25) is 0 Å². The third-order valence-corrected chi connectivity index (χ3v) is 2.26. The van der Waals surface area contributed by atoms with Crippen LogP contribution < -0.4 is 0 Å². The summed E-state index contributed by atoms with van der Waals surface area (Å²) in [7, 11) is 0. The van der Waals surface area contributed by atoms with Crippen molar-refractivity contribution < 1.29 is 4.39 Å². The minimum Gasteiger partial charge on any atom is -0.207 e. The summed E-state index contributed by atoms with van der Waals surface area (Å²) in [5.74, 6) is -0.318. The van der Waals surface area contributed by atoms with Gasteiger partial charge in [-0.2, -0.15) is 15.0 Å². The Bertz CT molecular complexity index is 458. The molecule has 16 heavy (non-hydrogen) atoms. The van der Waals surface area contributed by atoms with Crippen LogP contribution >= 0.6 is 34.8 Å². The van der Waals surface area contributed by atoms with E-state index in [1.165, 1.54) is 18.2 Å². The maximum atomic E-state index is 13.1. The lowest BCUT2D eigenvalue weighted by atomic mass is 10.2. The lowest BCUT2D eigenvalue weighted by Gasteiger charge is -2.01. The summed E-state index contributed by atoms with van der Waals surface area (Å²) >= 11 is 16.9. The van der Waals surface area contributed by atoms with Crippen LogP contribution in [0.3, 0.4) is 0 Å². The van der Waals surface area contributed by atoms with Gasteiger partial charge in [-0.1, -0.05) is 11.6 Å². The van der Waals surface area contributed by atoms with Gasteiger partial charge in [0.2, 0.25) is 10.6 Å². The number of aromatic nitrogens is 3. The highest BCUT2D eigenvalue weighted by Gasteiger charge is 2.08. The quantitative estimate of drug-likeness (QED) is 0.799. The van der Waals surface area contributed by atoms with Crippen LogP contribution in [-0.2, 0) is 0 Å². The molecule has 0 bridgehead atoms. The summed E-state index contributed by atoms with van der Waals surface area (Å²) in [5, 5.41) is 0.119. The van der Waals surface area contributed by atoms with Crippen molar-refractivity contribution >= 4 is 34.8 Å². The Morgan fingerprint density at radius 3 is 2.06 bits per heavy atom. The fraction of sp³-hybridized carbons (Fsp3) is 0. The van der Waals surface area contributed by atoms with Crippen molar-refractivity contribution in [2.24, 2.45) is 0 Å². The van der Waals surface area contributed by atoms with Crippen molar-refractivity contribution in [3.63, 3.8) is 0 Å². The van der Waals surface area contributed by atoms with Gasteiger partial charge in [-0.25, -0.2) is 4.39 Å². The topological polar surface area (TPSA) is 38.7 Å². The summed E-state index contributed by atoms with van der Waals surface area (Å²) in [5.41, 5.74) is 0.385. The Labute approximate surface area is 105 Å². The molecule has 0 fully saturated rings. The summed E-state index contributed by atoms with van der Waals surface area (Å²) in [6, 6.07) is 3.91. The number of hydrogen-bond acceptors (Lipinski definition) is 3. The van der Waals surface area contributed by atoms with Gasteiger partial charge in [0.25, 0.3) is 0 Å². The molecule has 0 unspecified atom stereocenters. The van der Waals surface area contributed by atoms with E-state index in [0.29, 0.717) is 5.56 Å². The van der Waals surface area contributed by atoms with Crippen LogP contribution in [0.4, 0.5) is 4.39 Å². The second kappa shape index (κ2) is 4.49. The molecule has 0 atom stereocenters. The zero-order chi connectivity index (χ0) is 11.7. The minimum atomic E-state index is -0.491. The Morgan fingerprint density at radius 2 is 1.50 bits per heavy atom. The fourth-order valence-electron chi connectivity index (χ4n) is 1.14. The predicted octanol–water partition coefficient (Wildman–Crippen LogP) is 3.64. The van der Waals surface area contributed by atoms with E-state index in [0.717, 1.165) is 0 Å². The second-order valence-corrected chi connectivity index (χ2v) is 3.97. The van der Waals surface area contributed by atoms with Crippen LogP contribution in [0.1, 0.15) is 0 Å². The van der Waals surface area contributed by atoms with Crippen LogP contribution in [0.25, 0.3) is 11.4 Å². The minimum absolute atomic E-state index is 0.0598. The molecule has 0 aliphatic rings. The van der Waals surface area contributed by atoms with Crippen LogP contribution in [0.2, 0.25) is 15.6 Å². The Hall–Kier alpha value is -0.970. The smallest absolute Gasteiger partial charge is 0.207 e. The molecule has 0 radical (unpaired) electrons. The molecule has 2 rings (SSSR count). The zero-order valence-electron chi connectivity index (χ0n) is 7.59. The van der Waals surface area contributed by atoms with Crippen molar-refractivity contribution in [3.05, 3.63) is 39.6 Å². The van der Waals surface area contributed by atoms with E-state index in [1.54, 1.807) is 0 Å². The third kappa shape index (κ3) is 2.58. The van der Waals surface area contributed by atoms with Gasteiger partial charge in [0, 0.05) is 10.6 Å². The first-order chi connectivity index (χ1) is 7.54. The van der Waals surface area contributed by atoms with E-state index in [4.69, 9.17) is 34.8 Å². The first kappa shape index (κ1) is 11.5. The molecule has 82 valence electrons. The number of benzene rings is 1. The van der Waals surface area contributed by atoms with E-state index in [9.17, 15) is 4.39 Å². The van der Waals surface area contributed by atoms with Crippen molar-refractivity contribution in [2.45, 2.75) is 0 Å². The first-order valence-electron chi connectivity index (χ1n) is 4.08. The summed E-state index contributed by atoms with van der Waals surface area (Å²) in [6.45, 7) is 0. The lowest BCUT2D eigenvalue weighted by molar-refractivity contribution is 0.628. The standard InChI is InChI=1S/C9H3Cl3FN3/c10-5-1-4(2-6(13)3-5)7-14-8(11)16-9(12)15-7/h1-3H. The molecular formula is C9H3Cl3FN3. The van der Waals surface area contributed by atoms with Crippen LogP contribution in [0, 0.1) is 5.82 Å². The van der Waals surface area contributed by atoms with E-state index in [2.05, 4.69) is 15.0 Å². The van der Waals surface area contributed by atoms with Crippen molar-refractivity contribution in [2.75, 3.05) is 0 Å². The van der Waals surface area contributed by atoms with Gasteiger partial charge in [0.05, 0.1) is 0 Å². The van der Waals surface area contributed by atoms with Crippen molar-refractivity contribution in [1.82, 2.24) is 15.0 Å². The summed E-state index contributed by atoms with van der Waals surface area (Å²) in [4.78, 5) is 11.2. The molecule has 0 aliphatic heterocycles. The van der Waals surface area contributed by atoms with Gasteiger partial charge in [0.1, 0.15) is 5.82 Å². The molecule has 1 aromatic heterocycles. The molecule has 3 nitrogen and oxygen atoms in total. The maximum Gasteiger partial charge on any atom is 0.227 e. The largest absolute Gasteiger partial charge is 0.227 e. The molecular weight excluding hydrogens is 275 g/mol. The molecule has 0 spiro atoms. The average molecular weight is 279 g/mol. The van der Waals surface area contributed by atoms with Crippen molar-refractivity contribution in [3.8, 4) is 11.4 Å². The zero-order valence-corrected chi connectivity index (χ0v) is 9.85. The van der Waals surface area contributed by atoms with E-state index < -0.39 is 5.82 Å². The molecule has 2 aromatic rings. The number of hydrogen-bond donors (Lipinski definition) is 0. The van der Waals surface area contributed by atoms with E-state index in [-0.39, 0.29) is 21.4 Å². The number of halogens is 4. The number of rotatable bonds is 1.